The predicted octanol–water partition coefficient (Wildman–Crippen LogP) is 1.75. The summed E-state index contributed by atoms with van der Waals surface area (Å²) < 4.78 is 28.1. The van der Waals surface area contributed by atoms with Gasteiger partial charge in [0.15, 0.2) is 15.7 Å². The quantitative estimate of drug-likeness (QED) is 0.727. The second kappa shape index (κ2) is 4.91. The molecule has 2 aromatic heterocycles. The molecule has 0 fully saturated rings. The minimum atomic E-state index is -3.34. The number of fused-ring (bicyclic) bond motifs is 1. The van der Waals surface area contributed by atoms with Crippen LogP contribution >= 0.6 is 0 Å². The lowest BCUT2D eigenvalue weighted by Crippen LogP contribution is -2.29. The van der Waals surface area contributed by atoms with Crippen LogP contribution in [0.25, 0.3) is 11.0 Å². The van der Waals surface area contributed by atoms with Crippen LogP contribution < -0.4 is 0 Å². The average Bonchev–Trinajstić information content (AvgIpc) is 3.03. The predicted molar refractivity (Wildman–Crippen MR) is 81.0 cm³/mol. The Balaban J connectivity index is 1.88. The molecule has 8 heteroatoms. The lowest BCUT2D eigenvalue weighted by atomic mass is 10.2. The third-order valence-electron chi connectivity index (χ3n) is 3.69. The maximum absolute atomic E-state index is 11.8. The summed E-state index contributed by atoms with van der Waals surface area (Å²) in [7, 11) is -3.34. The van der Waals surface area contributed by atoms with Crippen molar-refractivity contribution in [3.8, 4) is 0 Å². The van der Waals surface area contributed by atoms with Gasteiger partial charge < -0.3 is 4.42 Å². The number of sulfone groups is 1. The standard InChI is InChI=1S/C14H16N4O3S/c1-14(2,22(3,19)20)13-15-17-18(16-13)9-11-8-10-6-4-5-7-12(10)21-11/h4-8H,9H2,1-3H3. The highest BCUT2D eigenvalue weighted by molar-refractivity contribution is 7.91. The highest BCUT2D eigenvalue weighted by atomic mass is 32.2. The van der Waals surface area contributed by atoms with Gasteiger partial charge in [-0.05, 0) is 31.2 Å². The Morgan fingerprint density at radius 2 is 2.00 bits per heavy atom. The van der Waals surface area contributed by atoms with Gasteiger partial charge in [0.2, 0.25) is 0 Å². The molecular formula is C14H16N4O3S. The number of para-hydroxylation sites is 1. The fourth-order valence-corrected chi connectivity index (χ4v) is 2.38. The monoisotopic (exact) mass is 320 g/mol. The van der Waals surface area contributed by atoms with Crippen LogP contribution in [0.2, 0.25) is 0 Å². The van der Waals surface area contributed by atoms with Gasteiger partial charge in [-0.2, -0.15) is 4.80 Å². The van der Waals surface area contributed by atoms with Crippen molar-refractivity contribution >= 4 is 20.8 Å². The maximum atomic E-state index is 11.8. The second-order valence-electron chi connectivity index (χ2n) is 5.68. The number of hydrogen-bond donors (Lipinski definition) is 0. The van der Waals surface area contributed by atoms with E-state index in [1.807, 2.05) is 30.3 Å². The molecule has 2 heterocycles. The zero-order chi connectivity index (χ0) is 16.0. The molecule has 0 N–H and O–H groups in total. The molecule has 0 saturated carbocycles. The summed E-state index contributed by atoms with van der Waals surface area (Å²) in [5.41, 5.74) is 0.786. The van der Waals surface area contributed by atoms with Crippen LogP contribution in [0, 0.1) is 0 Å². The van der Waals surface area contributed by atoms with Gasteiger partial charge >= 0.3 is 0 Å². The summed E-state index contributed by atoms with van der Waals surface area (Å²) >= 11 is 0. The Morgan fingerprint density at radius 1 is 1.27 bits per heavy atom. The van der Waals surface area contributed by atoms with Gasteiger partial charge in [-0.1, -0.05) is 18.2 Å². The lowest BCUT2D eigenvalue weighted by Gasteiger charge is -2.17. The first-order valence-corrected chi connectivity index (χ1v) is 8.62. The van der Waals surface area contributed by atoms with Crippen LogP contribution in [0.1, 0.15) is 25.4 Å². The van der Waals surface area contributed by atoms with Crippen molar-refractivity contribution in [2.45, 2.75) is 25.1 Å². The van der Waals surface area contributed by atoms with Gasteiger partial charge in [-0.25, -0.2) is 8.42 Å². The van der Waals surface area contributed by atoms with Crippen LogP contribution in [0.4, 0.5) is 0 Å². The maximum Gasteiger partial charge on any atom is 0.195 e. The van der Waals surface area contributed by atoms with Crippen molar-refractivity contribution in [2.24, 2.45) is 0 Å². The minimum Gasteiger partial charge on any atom is -0.459 e. The third kappa shape index (κ3) is 2.50. The van der Waals surface area contributed by atoms with E-state index in [9.17, 15) is 8.42 Å². The van der Waals surface area contributed by atoms with Crippen LogP contribution in [0.15, 0.2) is 34.7 Å². The molecule has 0 bridgehead atoms. The number of hydrogen-bond acceptors (Lipinski definition) is 6. The molecule has 0 aliphatic heterocycles. The summed E-state index contributed by atoms with van der Waals surface area (Å²) in [6.45, 7) is 3.41. The van der Waals surface area contributed by atoms with Gasteiger partial charge in [0.1, 0.15) is 22.6 Å². The van der Waals surface area contributed by atoms with Gasteiger partial charge in [-0.15, -0.1) is 10.2 Å². The van der Waals surface area contributed by atoms with E-state index < -0.39 is 14.6 Å². The first-order chi connectivity index (χ1) is 10.3. The molecule has 3 aromatic rings. The summed E-state index contributed by atoms with van der Waals surface area (Å²) in [5.74, 6) is 0.855. The number of benzene rings is 1. The zero-order valence-electron chi connectivity index (χ0n) is 12.5. The van der Waals surface area contributed by atoms with Crippen LogP contribution in [-0.2, 0) is 21.1 Å². The Morgan fingerprint density at radius 3 is 2.68 bits per heavy atom. The molecule has 0 aliphatic carbocycles. The topological polar surface area (TPSA) is 90.9 Å². The molecule has 0 atom stereocenters. The number of furan rings is 1. The molecule has 116 valence electrons. The summed E-state index contributed by atoms with van der Waals surface area (Å²) in [6, 6.07) is 9.57. The van der Waals surface area contributed by atoms with E-state index >= 15 is 0 Å². The Bertz CT molecular complexity index is 891. The fraction of sp³-hybridized carbons (Fsp3) is 0.357. The first kappa shape index (κ1) is 14.7. The Kier molecular flexibility index (Phi) is 3.28. The third-order valence-corrected chi connectivity index (χ3v) is 5.73. The largest absolute Gasteiger partial charge is 0.459 e. The van der Waals surface area contributed by atoms with Crippen molar-refractivity contribution in [1.82, 2.24) is 20.2 Å². The SMILES string of the molecule is CC(C)(c1nnn(Cc2cc3ccccc3o2)n1)S(C)(=O)=O. The first-order valence-electron chi connectivity index (χ1n) is 6.73. The van der Waals surface area contributed by atoms with Gasteiger partial charge in [0.25, 0.3) is 0 Å². The van der Waals surface area contributed by atoms with Crippen molar-refractivity contribution < 1.29 is 12.8 Å². The average molecular weight is 320 g/mol. The molecule has 1 aromatic carbocycles. The number of nitrogens with zero attached hydrogens (tertiary/aromatic N) is 4. The summed E-state index contributed by atoms with van der Waals surface area (Å²) in [6.07, 6.45) is 1.16. The molecule has 0 amide bonds. The van der Waals surface area contributed by atoms with E-state index in [4.69, 9.17) is 4.42 Å². The van der Waals surface area contributed by atoms with Crippen LogP contribution in [-0.4, -0.2) is 34.9 Å². The minimum absolute atomic E-state index is 0.172. The molecule has 3 rings (SSSR count). The molecule has 0 radical (unpaired) electrons. The summed E-state index contributed by atoms with van der Waals surface area (Å²) in [5, 5.41) is 12.9. The van der Waals surface area contributed by atoms with E-state index in [1.54, 1.807) is 13.8 Å². The van der Waals surface area contributed by atoms with E-state index in [2.05, 4.69) is 15.4 Å². The van der Waals surface area contributed by atoms with E-state index in [0.29, 0.717) is 12.3 Å². The Labute approximate surface area is 127 Å². The van der Waals surface area contributed by atoms with Crippen LogP contribution in [0.5, 0.6) is 0 Å². The van der Waals surface area contributed by atoms with E-state index in [1.165, 1.54) is 4.80 Å². The van der Waals surface area contributed by atoms with Crippen LogP contribution in [0.3, 0.4) is 0 Å². The molecule has 0 unspecified atom stereocenters. The van der Waals surface area contributed by atoms with Crippen molar-refractivity contribution in [2.75, 3.05) is 6.26 Å². The highest BCUT2D eigenvalue weighted by Crippen LogP contribution is 2.25. The lowest BCUT2D eigenvalue weighted by molar-refractivity contribution is 0.471. The van der Waals surface area contributed by atoms with E-state index in [0.717, 1.165) is 17.2 Å². The second-order valence-corrected chi connectivity index (χ2v) is 8.24. The smallest absolute Gasteiger partial charge is 0.195 e. The Hall–Kier alpha value is -2.22. The number of aromatic nitrogens is 4. The molecular weight excluding hydrogens is 304 g/mol. The molecule has 0 spiro atoms. The molecule has 0 aliphatic rings. The molecule has 7 nitrogen and oxygen atoms in total. The van der Waals surface area contributed by atoms with E-state index in [-0.39, 0.29) is 5.82 Å². The number of rotatable bonds is 4. The van der Waals surface area contributed by atoms with Crippen molar-refractivity contribution in [3.63, 3.8) is 0 Å². The van der Waals surface area contributed by atoms with Gasteiger partial charge in [0, 0.05) is 11.6 Å². The normalized spacial score (nSPS) is 12.9. The molecule has 22 heavy (non-hydrogen) atoms. The van der Waals surface area contributed by atoms with Crippen molar-refractivity contribution in [3.05, 3.63) is 41.9 Å². The summed E-state index contributed by atoms with van der Waals surface area (Å²) in [4.78, 5) is 1.33. The van der Waals surface area contributed by atoms with Gasteiger partial charge in [0.05, 0.1) is 0 Å². The number of tetrazole rings is 1. The zero-order valence-corrected chi connectivity index (χ0v) is 13.3. The highest BCUT2D eigenvalue weighted by Gasteiger charge is 2.37. The fourth-order valence-electron chi connectivity index (χ4n) is 1.97. The van der Waals surface area contributed by atoms with Gasteiger partial charge in [-0.3, -0.25) is 0 Å². The molecule has 0 saturated heterocycles. The van der Waals surface area contributed by atoms with Crippen molar-refractivity contribution in [1.29, 1.82) is 0 Å².